The minimum absolute atomic E-state index is 0.0319. The Morgan fingerprint density at radius 2 is 1.85 bits per heavy atom. The molecule has 2 saturated carbocycles. The van der Waals surface area contributed by atoms with E-state index in [2.05, 4.69) is 19.8 Å². The summed E-state index contributed by atoms with van der Waals surface area (Å²) in [6.45, 7) is 2.58. The van der Waals surface area contributed by atoms with E-state index in [4.69, 9.17) is 42.4 Å². The first-order chi connectivity index (χ1) is 34.7. The van der Waals surface area contributed by atoms with Crippen molar-refractivity contribution in [1.29, 1.82) is 0 Å². The normalized spacial score (nSPS) is 22.0. The number of nitrogens with one attached hydrogen (secondary N) is 1. The summed E-state index contributed by atoms with van der Waals surface area (Å²) >= 11 is 11.7. The van der Waals surface area contributed by atoms with Gasteiger partial charge in [-0.25, -0.2) is 27.9 Å². The number of carbonyl (C=O) groups excluding carboxylic acids is 4. The summed E-state index contributed by atoms with van der Waals surface area (Å²) in [5, 5.41) is 7.71. The Kier molecular flexibility index (Phi) is 14.0. The van der Waals surface area contributed by atoms with Gasteiger partial charge in [0.1, 0.15) is 48.3 Å². The first kappa shape index (κ1) is 49.8. The molecule has 2 unspecified atom stereocenters. The number of hydrogen-bond acceptors (Lipinski definition) is 19. The molecule has 19 nitrogen and oxygen atoms in total. The average molecular weight is 1080 g/mol. The number of anilines is 2. The zero-order valence-electron chi connectivity index (χ0n) is 38.7. The van der Waals surface area contributed by atoms with Crippen LogP contribution in [0.3, 0.4) is 0 Å². The quantitative estimate of drug-likeness (QED) is 0.0258. The molecule has 5 atom stereocenters. The minimum atomic E-state index is -1.24. The number of aryl methyl sites for hydroxylation is 1. The summed E-state index contributed by atoms with van der Waals surface area (Å²) in [5.74, 6) is -3.54. The molecule has 1 aromatic carbocycles. The van der Waals surface area contributed by atoms with Crippen LogP contribution >= 0.6 is 58.0 Å². The van der Waals surface area contributed by atoms with Crippen LogP contribution in [0.1, 0.15) is 67.7 Å². The molecule has 378 valence electrons. The molecule has 1 spiro atoms. The average Bonchev–Trinajstić information content (AvgIpc) is 4.13. The maximum atomic E-state index is 15.9. The first-order valence-electron chi connectivity index (χ1n) is 23.1. The van der Waals surface area contributed by atoms with Crippen LogP contribution < -0.4 is 31.7 Å². The number of amides is 2. The lowest BCUT2D eigenvalue weighted by molar-refractivity contribution is -0.671. The molecule has 2 saturated heterocycles. The highest BCUT2D eigenvalue weighted by molar-refractivity contribution is 8.07. The number of ether oxygens (including phenoxy) is 2. The van der Waals surface area contributed by atoms with Gasteiger partial charge in [-0.15, -0.1) is 23.1 Å². The number of rotatable bonds is 18. The van der Waals surface area contributed by atoms with Gasteiger partial charge in [-0.3, -0.25) is 19.3 Å². The van der Waals surface area contributed by atoms with Crippen LogP contribution in [-0.4, -0.2) is 116 Å². The fraction of sp³-hybridized carbons (Fsp3) is 0.435. The molecule has 2 amide bonds. The molecule has 7 heterocycles. The van der Waals surface area contributed by atoms with Gasteiger partial charge in [0.25, 0.3) is 11.8 Å². The summed E-state index contributed by atoms with van der Waals surface area (Å²) in [6, 6.07) is 3.04. The van der Waals surface area contributed by atoms with Gasteiger partial charge in [-0.05, 0) is 45.1 Å². The van der Waals surface area contributed by atoms with E-state index in [0.29, 0.717) is 41.6 Å². The Morgan fingerprint density at radius 1 is 1.11 bits per heavy atom. The van der Waals surface area contributed by atoms with Crippen molar-refractivity contribution in [3.8, 4) is 11.3 Å². The van der Waals surface area contributed by atoms with Gasteiger partial charge in [-0.1, -0.05) is 28.5 Å². The van der Waals surface area contributed by atoms with E-state index >= 15 is 4.39 Å². The molecule has 0 bridgehead atoms. The number of aromatic nitrogens is 5. The van der Waals surface area contributed by atoms with Gasteiger partial charge >= 0.3 is 11.9 Å². The number of nitrogens with zero attached hydrogens (tertiary/aromatic N) is 8. The number of thioether (sulfide) groups is 2. The third-order valence-electron chi connectivity index (χ3n) is 13.1. The van der Waals surface area contributed by atoms with Gasteiger partial charge in [0.2, 0.25) is 17.0 Å². The number of nitrogen functional groups attached to an aromatic ring is 1. The van der Waals surface area contributed by atoms with Crippen molar-refractivity contribution in [3.05, 3.63) is 85.2 Å². The predicted molar refractivity (Wildman–Crippen MR) is 268 cm³/mol. The lowest BCUT2D eigenvalue weighted by Crippen LogP contribution is -2.71. The molecular formula is C46H47ClF2N11O8S4+. The number of thiazole rings is 1. The van der Waals surface area contributed by atoms with Gasteiger partial charge in [0.05, 0.1) is 46.6 Å². The van der Waals surface area contributed by atoms with Crippen LogP contribution in [-0.2, 0) is 35.7 Å². The number of unbranched alkanes of at least 4 members (excludes halogenated alkanes) is 2. The van der Waals surface area contributed by atoms with Crippen LogP contribution in [0, 0.1) is 11.2 Å². The molecule has 10 rings (SSSR count). The molecule has 4 aromatic heterocycles. The lowest BCUT2D eigenvalue weighted by Gasteiger charge is -2.49. The number of carbonyl (C=O) groups is 4. The Bertz CT molecular complexity index is 3130. The first-order valence-corrected chi connectivity index (χ1v) is 27.0. The second-order valence-corrected chi connectivity index (χ2v) is 22.5. The molecule has 5 aliphatic rings. The third-order valence-corrected chi connectivity index (χ3v) is 17.5. The zero-order chi connectivity index (χ0) is 50.6. The van der Waals surface area contributed by atoms with Crippen molar-refractivity contribution in [2.45, 2.75) is 79.5 Å². The number of oxime groups is 1. The number of fused-ring (bicyclic) bond motifs is 2. The van der Waals surface area contributed by atoms with E-state index in [1.165, 1.54) is 50.5 Å². The van der Waals surface area contributed by atoms with Crippen molar-refractivity contribution in [2.75, 3.05) is 49.3 Å². The molecule has 2 aliphatic carbocycles. The maximum absolute atomic E-state index is 15.9. The van der Waals surface area contributed by atoms with E-state index in [9.17, 15) is 28.4 Å². The molecule has 5 N–H and O–H groups in total. The summed E-state index contributed by atoms with van der Waals surface area (Å²) in [4.78, 5) is 86.3. The summed E-state index contributed by atoms with van der Waals surface area (Å²) in [7, 11) is 1.91. The molecule has 26 heteroatoms. The molecular weight excluding hydrogens is 1040 g/mol. The SMILES string of the molecule is CCO/N=C(/C(=O)N[C@@H]1C(=O)N2C(C(=O)OCCCCCOC(=O)c3cn(C4C[C@H]4F)c4c(Cl)c(N5C[C@@H](N)C6(CC6)C5)c(F)cc4c3=O)=C(Sc3nc(-c4cc[n+](C)cc4)cs3)CSC12)c1nsc(N)n1. The van der Waals surface area contributed by atoms with E-state index < -0.39 is 58.6 Å². The lowest BCUT2D eigenvalue weighted by atomic mass is 10.0. The molecule has 3 aliphatic heterocycles. The number of esters is 2. The standard InChI is InChI=1S/C46H46ClF2N11O8S4/c1-3-68-55-32(38-54-44(51)72-56-38)39(62)53-33-40(63)60-36(29(20-69-41(33)60)71-45-52-27(19-70-45)22-7-11-57(2)12-8-22)43(65)67-14-6-4-5-13-66-42(64)24-17-59(28-16-25(28)48)34-23(37(24)61)15-26(49)35(31(34)47)58-18-30(50)46(21-58)9-10-46/h7-8,11-12,15,17,19,25,28,30,33,41H,3-6,9-10,13-14,16,18,20-21,50H2,1-2H3,(H2-,51,53,54,56,62)/p+1/b55-32+/t25-,28?,30-,33-,41?/m1/s1. The maximum Gasteiger partial charge on any atom is 0.355 e. The highest BCUT2D eigenvalue weighted by atomic mass is 35.5. The highest BCUT2D eigenvalue weighted by Crippen LogP contribution is 2.54. The van der Waals surface area contributed by atoms with Crippen LogP contribution in [0.5, 0.6) is 0 Å². The molecule has 0 radical (unpaired) electrons. The molecule has 4 fully saturated rings. The van der Waals surface area contributed by atoms with Crippen LogP contribution in [0.4, 0.5) is 19.6 Å². The third kappa shape index (κ3) is 9.65. The van der Waals surface area contributed by atoms with Gasteiger partial charge in [-0.2, -0.15) is 9.36 Å². The van der Waals surface area contributed by atoms with E-state index in [-0.39, 0.29) is 93.0 Å². The number of benzene rings is 1. The van der Waals surface area contributed by atoms with Crippen molar-refractivity contribution in [3.63, 3.8) is 0 Å². The van der Waals surface area contributed by atoms with Crippen molar-refractivity contribution in [1.82, 2.24) is 29.1 Å². The summed E-state index contributed by atoms with van der Waals surface area (Å²) in [6.07, 6.45) is 6.93. The van der Waals surface area contributed by atoms with Crippen molar-refractivity contribution < 1.29 is 46.8 Å². The van der Waals surface area contributed by atoms with Gasteiger partial charge in [0, 0.05) is 82.4 Å². The highest BCUT2D eigenvalue weighted by Gasteiger charge is 2.56. The molecule has 72 heavy (non-hydrogen) atoms. The number of pyridine rings is 2. The van der Waals surface area contributed by atoms with Crippen LogP contribution in [0.15, 0.2) is 67.1 Å². The fourth-order valence-corrected chi connectivity index (χ4v) is 13.3. The summed E-state index contributed by atoms with van der Waals surface area (Å²) in [5.41, 5.74) is 12.6. The van der Waals surface area contributed by atoms with Crippen LogP contribution in [0.25, 0.3) is 22.2 Å². The minimum Gasteiger partial charge on any atom is -0.462 e. The van der Waals surface area contributed by atoms with Crippen LogP contribution in [0.2, 0.25) is 5.02 Å². The zero-order valence-corrected chi connectivity index (χ0v) is 42.7. The Balaban J connectivity index is 0.789. The largest absolute Gasteiger partial charge is 0.462 e. The van der Waals surface area contributed by atoms with Crippen molar-refractivity contribution >= 4 is 109 Å². The monoisotopic (exact) mass is 1080 g/mol. The Morgan fingerprint density at radius 3 is 2.51 bits per heavy atom. The smallest absolute Gasteiger partial charge is 0.355 e. The second kappa shape index (κ2) is 20.3. The van der Waals surface area contributed by atoms with Gasteiger partial charge < -0.3 is 40.6 Å². The number of β-lactam (4-membered cyclic amide) rings is 1. The van der Waals surface area contributed by atoms with E-state index in [1.54, 1.807) is 11.8 Å². The molecule has 5 aromatic rings. The summed E-state index contributed by atoms with van der Waals surface area (Å²) < 4.78 is 49.8. The Hall–Kier alpha value is -5.73. The van der Waals surface area contributed by atoms with E-state index in [0.717, 1.165) is 41.7 Å². The predicted octanol–water partition coefficient (Wildman–Crippen LogP) is 5.10. The second-order valence-electron chi connectivity index (χ2n) is 18.0. The number of alkyl halides is 1. The van der Waals surface area contributed by atoms with Crippen molar-refractivity contribution in [2.24, 2.45) is 23.4 Å². The topological polar surface area (TPSA) is 243 Å². The van der Waals surface area contributed by atoms with Gasteiger partial charge in [0.15, 0.2) is 21.9 Å². The van der Waals surface area contributed by atoms with E-state index in [1.807, 2.05) is 41.5 Å². The fourth-order valence-electron chi connectivity index (χ4n) is 9.00. The number of nitrogens with two attached hydrogens (primary N) is 2. The number of hydrogen-bond donors (Lipinski definition) is 3. The Labute approximate surface area is 431 Å². The number of halogens is 3.